The molecule has 0 unspecified atom stereocenters. The Morgan fingerprint density at radius 3 is 2.67 bits per heavy atom. The van der Waals surface area contributed by atoms with Gasteiger partial charge >= 0.3 is 0 Å². The predicted octanol–water partition coefficient (Wildman–Crippen LogP) is 2.87. The standard InChI is InChI=1S/C14H17BrO3/c1-18-12-2-3-13(15)10(8-12)9-14(17)6-4-11(16)5-7-14/h2-3,8,17H,4-7,9H2,1H3. The third-order valence-electron chi connectivity index (χ3n) is 3.51. The number of aliphatic hydroxyl groups is 1. The molecule has 98 valence electrons. The van der Waals surface area contributed by atoms with Crippen LogP contribution in [0.2, 0.25) is 0 Å². The summed E-state index contributed by atoms with van der Waals surface area (Å²) in [6, 6.07) is 5.73. The van der Waals surface area contributed by atoms with E-state index in [1.807, 2.05) is 18.2 Å². The van der Waals surface area contributed by atoms with Crippen molar-refractivity contribution in [2.75, 3.05) is 7.11 Å². The van der Waals surface area contributed by atoms with E-state index in [4.69, 9.17) is 4.74 Å². The van der Waals surface area contributed by atoms with E-state index < -0.39 is 5.60 Å². The second kappa shape index (κ2) is 5.41. The van der Waals surface area contributed by atoms with Crippen molar-refractivity contribution >= 4 is 21.7 Å². The van der Waals surface area contributed by atoms with Gasteiger partial charge in [-0.3, -0.25) is 4.79 Å². The maximum absolute atomic E-state index is 11.2. The van der Waals surface area contributed by atoms with Crippen LogP contribution in [-0.2, 0) is 11.2 Å². The minimum atomic E-state index is -0.761. The van der Waals surface area contributed by atoms with Crippen LogP contribution in [0.25, 0.3) is 0 Å². The van der Waals surface area contributed by atoms with E-state index in [9.17, 15) is 9.90 Å². The van der Waals surface area contributed by atoms with Gasteiger partial charge in [-0.05, 0) is 36.6 Å². The molecule has 1 saturated carbocycles. The lowest BCUT2D eigenvalue weighted by molar-refractivity contribution is -0.125. The summed E-state index contributed by atoms with van der Waals surface area (Å²) in [4.78, 5) is 11.2. The molecule has 0 radical (unpaired) electrons. The second-order valence-corrected chi connectivity index (χ2v) is 5.75. The van der Waals surface area contributed by atoms with E-state index in [1.54, 1.807) is 7.11 Å². The first-order chi connectivity index (χ1) is 8.52. The number of Topliss-reactive ketones (excluding diaryl/α,β-unsaturated/α-hetero) is 1. The number of halogens is 1. The Morgan fingerprint density at radius 2 is 2.06 bits per heavy atom. The topological polar surface area (TPSA) is 46.5 Å². The molecule has 1 aliphatic carbocycles. The zero-order chi connectivity index (χ0) is 13.2. The summed E-state index contributed by atoms with van der Waals surface area (Å²) in [6.07, 6.45) is 2.62. The fourth-order valence-electron chi connectivity index (χ4n) is 2.34. The summed E-state index contributed by atoms with van der Waals surface area (Å²) < 4.78 is 6.16. The van der Waals surface area contributed by atoms with Gasteiger partial charge in [0.1, 0.15) is 11.5 Å². The molecule has 0 aromatic heterocycles. The minimum absolute atomic E-state index is 0.254. The highest BCUT2D eigenvalue weighted by atomic mass is 79.9. The van der Waals surface area contributed by atoms with E-state index in [1.165, 1.54) is 0 Å². The lowest BCUT2D eigenvalue weighted by Crippen LogP contribution is -2.36. The molecule has 0 aliphatic heterocycles. The molecule has 1 aromatic rings. The Balaban J connectivity index is 2.15. The molecular formula is C14H17BrO3. The molecule has 1 aliphatic rings. The molecule has 2 rings (SSSR count). The van der Waals surface area contributed by atoms with Crippen LogP contribution in [0.15, 0.2) is 22.7 Å². The van der Waals surface area contributed by atoms with Gasteiger partial charge in [0.25, 0.3) is 0 Å². The maximum atomic E-state index is 11.2. The molecule has 0 saturated heterocycles. The number of rotatable bonds is 3. The van der Waals surface area contributed by atoms with Crippen molar-refractivity contribution in [3.63, 3.8) is 0 Å². The lowest BCUT2D eigenvalue weighted by atomic mass is 9.80. The third-order valence-corrected chi connectivity index (χ3v) is 4.28. The second-order valence-electron chi connectivity index (χ2n) is 4.90. The number of carbonyl (C=O) groups is 1. The van der Waals surface area contributed by atoms with Crippen LogP contribution in [0.4, 0.5) is 0 Å². The average molecular weight is 313 g/mol. The Hall–Kier alpha value is -0.870. The van der Waals surface area contributed by atoms with Gasteiger partial charge in [-0.2, -0.15) is 0 Å². The van der Waals surface area contributed by atoms with Gasteiger partial charge < -0.3 is 9.84 Å². The average Bonchev–Trinajstić information content (AvgIpc) is 2.36. The Bertz CT molecular complexity index is 446. The Labute approximate surface area is 115 Å². The molecule has 1 fully saturated rings. The number of carbonyl (C=O) groups excluding carboxylic acids is 1. The number of hydrogen-bond donors (Lipinski definition) is 1. The Morgan fingerprint density at radius 1 is 1.39 bits per heavy atom. The van der Waals surface area contributed by atoms with Crippen molar-refractivity contribution < 1.29 is 14.6 Å². The predicted molar refractivity (Wildman–Crippen MR) is 72.8 cm³/mol. The van der Waals surface area contributed by atoms with Gasteiger partial charge in [0, 0.05) is 23.7 Å². The van der Waals surface area contributed by atoms with Crippen molar-refractivity contribution in [3.8, 4) is 5.75 Å². The van der Waals surface area contributed by atoms with Crippen molar-refractivity contribution in [3.05, 3.63) is 28.2 Å². The fraction of sp³-hybridized carbons (Fsp3) is 0.500. The van der Waals surface area contributed by atoms with Crippen LogP contribution < -0.4 is 4.74 Å². The van der Waals surface area contributed by atoms with E-state index in [2.05, 4.69) is 15.9 Å². The molecule has 0 spiro atoms. The van der Waals surface area contributed by atoms with E-state index >= 15 is 0 Å². The maximum Gasteiger partial charge on any atom is 0.133 e. The number of ether oxygens (including phenoxy) is 1. The summed E-state index contributed by atoms with van der Waals surface area (Å²) in [6.45, 7) is 0. The van der Waals surface area contributed by atoms with Gasteiger partial charge in [0.05, 0.1) is 12.7 Å². The molecule has 1 N–H and O–H groups in total. The van der Waals surface area contributed by atoms with Crippen LogP contribution in [0.5, 0.6) is 5.75 Å². The van der Waals surface area contributed by atoms with Crippen molar-refractivity contribution in [1.29, 1.82) is 0 Å². The molecule has 0 bridgehead atoms. The molecular weight excluding hydrogens is 296 g/mol. The third kappa shape index (κ3) is 3.12. The molecule has 0 amide bonds. The first-order valence-electron chi connectivity index (χ1n) is 6.09. The monoisotopic (exact) mass is 312 g/mol. The Kier molecular flexibility index (Phi) is 4.07. The van der Waals surface area contributed by atoms with Gasteiger partial charge in [0.15, 0.2) is 0 Å². The van der Waals surface area contributed by atoms with E-state index in [0.717, 1.165) is 15.8 Å². The van der Waals surface area contributed by atoms with E-state index in [-0.39, 0.29) is 5.78 Å². The van der Waals surface area contributed by atoms with Crippen LogP contribution in [-0.4, -0.2) is 23.6 Å². The summed E-state index contributed by atoms with van der Waals surface area (Å²) >= 11 is 3.49. The van der Waals surface area contributed by atoms with Crippen molar-refractivity contribution in [2.45, 2.75) is 37.7 Å². The SMILES string of the molecule is COc1ccc(Br)c(CC2(O)CCC(=O)CC2)c1. The lowest BCUT2D eigenvalue weighted by Gasteiger charge is -2.32. The van der Waals surface area contributed by atoms with E-state index in [0.29, 0.717) is 32.1 Å². The number of hydrogen-bond acceptors (Lipinski definition) is 3. The summed E-state index contributed by atoms with van der Waals surface area (Å²) in [5.74, 6) is 1.04. The molecule has 0 heterocycles. The highest BCUT2D eigenvalue weighted by molar-refractivity contribution is 9.10. The largest absolute Gasteiger partial charge is 0.497 e. The number of methoxy groups -OCH3 is 1. The highest BCUT2D eigenvalue weighted by Gasteiger charge is 2.33. The molecule has 1 aromatic carbocycles. The van der Waals surface area contributed by atoms with Crippen LogP contribution in [0.3, 0.4) is 0 Å². The van der Waals surface area contributed by atoms with Crippen LogP contribution >= 0.6 is 15.9 Å². The molecule has 0 atom stereocenters. The zero-order valence-electron chi connectivity index (χ0n) is 10.4. The molecule has 3 nitrogen and oxygen atoms in total. The zero-order valence-corrected chi connectivity index (χ0v) is 12.0. The van der Waals surface area contributed by atoms with Gasteiger partial charge in [0.2, 0.25) is 0 Å². The summed E-state index contributed by atoms with van der Waals surface area (Å²) in [5, 5.41) is 10.5. The minimum Gasteiger partial charge on any atom is -0.497 e. The van der Waals surface area contributed by atoms with Crippen molar-refractivity contribution in [2.24, 2.45) is 0 Å². The van der Waals surface area contributed by atoms with Crippen LogP contribution in [0, 0.1) is 0 Å². The molecule has 4 heteroatoms. The van der Waals surface area contributed by atoms with Gasteiger partial charge in [-0.1, -0.05) is 15.9 Å². The molecule has 18 heavy (non-hydrogen) atoms. The smallest absolute Gasteiger partial charge is 0.133 e. The fourth-order valence-corrected chi connectivity index (χ4v) is 2.73. The first-order valence-corrected chi connectivity index (χ1v) is 6.88. The number of benzene rings is 1. The van der Waals surface area contributed by atoms with Crippen LogP contribution in [0.1, 0.15) is 31.2 Å². The normalized spacial score (nSPS) is 18.7. The summed E-state index contributed by atoms with van der Waals surface area (Å²) in [7, 11) is 1.63. The van der Waals surface area contributed by atoms with Gasteiger partial charge in [-0.25, -0.2) is 0 Å². The quantitative estimate of drug-likeness (QED) is 0.933. The van der Waals surface area contributed by atoms with Crippen molar-refractivity contribution in [1.82, 2.24) is 0 Å². The highest BCUT2D eigenvalue weighted by Crippen LogP contribution is 2.33. The van der Waals surface area contributed by atoms with Gasteiger partial charge in [-0.15, -0.1) is 0 Å². The number of ketones is 1. The summed E-state index contributed by atoms with van der Waals surface area (Å²) in [5.41, 5.74) is 0.259. The first kappa shape index (κ1) is 13.6.